The molecule has 1 aromatic heterocycles. The molecule has 8 nitrogen and oxygen atoms in total. The molecule has 0 unspecified atom stereocenters. The Hall–Kier alpha value is -3.06. The van der Waals surface area contributed by atoms with Crippen molar-refractivity contribution in [3.63, 3.8) is 0 Å². The largest absolute Gasteiger partial charge is 0.347 e. The molecular weight excluding hydrogens is 688 g/mol. The fourth-order valence-electron chi connectivity index (χ4n) is 7.39. The minimum Gasteiger partial charge on any atom is -0.347 e. The maximum Gasteiger partial charge on any atom is 0.294 e. The minimum absolute atomic E-state index is 0.147. The zero-order valence-corrected chi connectivity index (χ0v) is 30.8. The van der Waals surface area contributed by atoms with Gasteiger partial charge in [0.05, 0.1) is 21.6 Å². The van der Waals surface area contributed by atoms with Gasteiger partial charge in [-0.25, -0.2) is 0 Å². The van der Waals surface area contributed by atoms with Crippen LogP contribution in [0.1, 0.15) is 64.5 Å². The summed E-state index contributed by atoms with van der Waals surface area (Å²) in [6.07, 6.45) is 11.2. The highest BCUT2D eigenvalue weighted by Crippen LogP contribution is 2.51. The van der Waals surface area contributed by atoms with Crippen LogP contribution in [0.15, 0.2) is 93.5 Å². The molecule has 254 valence electrons. The number of hydrogen-bond acceptors (Lipinski definition) is 6. The Labute approximate surface area is 291 Å². The van der Waals surface area contributed by atoms with Crippen molar-refractivity contribution in [2.45, 2.75) is 69.1 Å². The Morgan fingerprint density at radius 1 is 0.979 bits per heavy atom. The van der Waals surface area contributed by atoms with E-state index in [0.717, 1.165) is 56.4 Å². The molecule has 2 N–H and O–H groups in total. The van der Waals surface area contributed by atoms with Crippen LogP contribution in [-0.4, -0.2) is 55.6 Å². The molecule has 0 fully saturated rings. The first-order chi connectivity index (χ1) is 22.4. The molecule has 3 heterocycles. The first-order valence-electron chi connectivity index (χ1n) is 15.9. The first kappa shape index (κ1) is 34.8. The van der Waals surface area contributed by atoms with Crippen LogP contribution in [0.25, 0.3) is 10.1 Å². The molecule has 0 atom stereocenters. The van der Waals surface area contributed by atoms with Crippen molar-refractivity contribution >= 4 is 69.7 Å². The second-order valence-electron chi connectivity index (χ2n) is 13.7. The van der Waals surface area contributed by atoms with Crippen molar-refractivity contribution < 1.29 is 30.5 Å². The van der Waals surface area contributed by atoms with Crippen LogP contribution in [0.5, 0.6) is 0 Å². The van der Waals surface area contributed by atoms with E-state index in [1.807, 2.05) is 26.0 Å². The first-order valence-corrected chi connectivity index (χ1v) is 20.1. The summed E-state index contributed by atoms with van der Waals surface area (Å²) in [6, 6.07) is 13.0. The number of halogens is 1. The third-order valence-electron chi connectivity index (χ3n) is 9.81. The van der Waals surface area contributed by atoms with Gasteiger partial charge >= 0.3 is 0 Å². The van der Waals surface area contributed by atoms with Gasteiger partial charge in [0.2, 0.25) is 0 Å². The maximum atomic E-state index is 12.0. The number of likely N-dealkylation sites (N-methyl/N-ethyl adjacent to an activating group) is 1. The van der Waals surface area contributed by atoms with Crippen LogP contribution >= 0.6 is 22.9 Å². The lowest BCUT2D eigenvalue weighted by Crippen LogP contribution is -2.28. The molecule has 0 saturated carbocycles. The Kier molecular flexibility index (Phi) is 8.96. The summed E-state index contributed by atoms with van der Waals surface area (Å²) in [5.41, 5.74) is 6.82. The third kappa shape index (κ3) is 6.25. The van der Waals surface area contributed by atoms with Gasteiger partial charge in [-0.15, -0.1) is 0 Å². The smallest absolute Gasteiger partial charge is 0.294 e. The van der Waals surface area contributed by atoms with E-state index >= 15 is 0 Å². The Morgan fingerprint density at radius 3 is 2.40 bits per heavy atom. The SMILES string of the molecule is CN1/C(=C/C=C2\CCCC(/C=C/C3=[N+](CCCS(=O)(=O)O)c4sc5ccc(S(=O)(=O)O)cc5c4C3(C)C)=C2Cl)C(C)(C)c2ccccc21. The van der Waals surface area contributed by atoms with Crippen molar-refractivity contribution in [3.05, 3.63) is 99.8 Å². The zero-order chi connectivity index (χ0) is 34.8. The van der Waals surface area contributed by atoms with Gasteiger partial charge < -0.3 is 4.90 Å². The number of allylic oxidation sites excluding steroid dienone is 8. The average Bonchev–Trinajstić information content (AvgIpc) is 3.55. The van der Waals surface area contributed by atoms with E-state index in [9.17, 15) is 25.9 Å². The van der Waals surface area contributed by atoms with Gasteiger partial charge in [0, 0.05) is 51.5 Å². The highest BCUT2D eigenvalue weighted by molar-refractivity contribution is 7.86. The van der Waals surface area contributed by atoms with Crippen LogP contribution in [0, 0.1) is 0 Å². The third-order valence-corrected chi connectivity index (χ3v) is 13.1. The highest BCUT2D eigenvalue weighted by Gasteiger charge is 2.47. The standard InChI is InChI=1S/C36H39ClN2O6S3/c1-35(2)27-12-6-7-13-28(27)38(5)30(35)18-14-23-10-8-11-24(33(23)37)15-19-31-36(3,4)32-26-22-25(48(43,44)45)16-17-29(26)46-34(32)39(31)20-9-21-47(40,41)42/h6-7,12-19,22H,8-11,20-21H2,1-5H3,(H-,40,41,42,43,44,45)/p+1. The van der Waals surface area contributed by atoms with E-state index in [1.165, 1.54) is 40.4 Å². The molecule has 48 heavy (non-hydrogen) atoms. The van der Waals surface area contributed by atoms with E-state index in [2.05, 4.69) is 66.8 Å². The van der Waals surface area contributed by atoms with Crippen LogP contribution in [0.2, 0.25) is 0 Å². The van der Waals surface area contributed by atoms with Crippen LogP contribution in [0.4, 0.5) is 10.7 Å². The second kappa shape index (κ2) is 12.4. The van der Waals surface area contributed by atoms with E-state index in [4.69, 9.17) is 11.6 Å². The molecule has 12 heteroatoms. The van der Waals surface area contributed by atoms with Gasteiger partial charge in [0.15, 0.2) is 12.3 Å². The minimum atomic E-state index is -4.41. The molecular formula is C36H40ClN2O6S3+. The summed E-state index contributed by atoms with van der Waals surface area (Å²) >= 11 is 8.56. The topological polar surface area (TPSA) is 115 Å². The van der Waals surface area contributed by atoms with Gasteiger partial charge in [0.1, 0.15) is 0 Å². The fraction of sp³-hybridized carbons (Fsp3) is 0.361. The van der Waals surface area contributed by atoms with Gasteiger partial charge in [-0.2, -0.15) is 21.4 Å². The van der Waals surface area contributed by atoms with Gasteiger partial charge in [-0.3, -0.25) is 9.11 Å². The van der Waals surface area contributed by atoms with Gasteiger partial charge in [0.25, 0.3) is 25.2 Å². The summed E-state index contributed by atoms with van der Waals surface area (Å²) in [5, 5.41) is 2.31. The molecule has 0 spiro atoms. The number of nitrogens with zero attached hydrogens (tertiary/aromatic N) is 2. The molecule has 3 aliphatic rings. The lowest BCUT2D eigenvalue weighted by molar-refractivity contribution is -0.433. The Bertz CT molecular complexity index is 2220. The number of rotatable bonds is 8. The van der Waals surface area contributed by atoms with Crippen molar-refractivity contribution in [3.8, 4) is 0 Å². The van der Waals surface area contributed by atoms with E-state index in [0.29, 0.717) is 11.9 Å². The zero-order valence-electron chi connectivity index (χ0n) is 27.6. The molecule has 2 aliphatic heterocycles. The molecule has 3 aromatic rings. The molecule has 0 radical (unpaired) electrons. The predicted molar refractivity (Wildman–Crippen MR) is 195 cm³/mol. The summed E-state index contributed by atoms with van der Waals surface area (Å²) in [7, 11) is -6.47. The molecule has 0 saturated heterocycles. The number of benzene rings is 2. The Morgan fingerprint density at radius 2 is 1.71 bits per heavy atom. The van der Waals surface area contributed by atoms with E-state index in [1.54, 1.807) is 6.07 Å². The second-order valence-corrected chi connectivity index (χ2v) is 18.1. The quantitative estimate of drug-likeness (QED) is 0.177. The molecule has 1 aliphatic carbocycles. The van der Waals surface area contributed by atoms with Crippen LogP contribution in [-0.2, 0) is 31.1 Å². The molecule has 0 amide bonds. The number of anilines is 1. The van der Waals surface area contributed by atoms with Crippen molar-refractivity contribution in [2.24, 2.45) is 0 Å². The maximum absolute atomic E-state index is 12.0. The average molecular weight is 728 g/mol. The number of fused-ring (bicyclic) bond motifs is 4. The number of para-hydroxylation sites is 1. The number of hydrogen-bond donors (Lipinski definition) is 2. The molecule has 2 aromatic carbocycles. The van der Waals surface area contributed by atoms with Gasteiger partial charge in [-0.05, 0) is 80.2 Å². The Balaban J connectivity index is 1.39. The van der Waals surface area contributed by atoms with E-state index in [-0.39, 0.29) is 22.5 Å². The van der Waals surface area contributed by atoms with Crippen molar-refractivity contribution in [1.29, 1.82) is 0 Å². The summed E-state index contributed by atoms with van der Waals surface area (Å²) < 4.78 is 69.3. The highest BCUT2D eigenvalue weighted by atomic mass is 35.5. The lowest BCUT2D eigenvalue weighted by Gasteiger charge is -2.24. The van der Waals surface area contributed by atoms with Gasteiger partial charge in [-0.1, -0.05) is 67.1 Å². The summed E-state index contributed by atoms with van der Waals surface area (Å²) in [4.78, 5) is 2.06. The van der Waals surface area contributed by atoms with Crippen LogP contribution < -0.4 is 4.90 Å². The fourth-order valence-corrected chi connectivity index (χ4v) is 10.1. The van der Waals surface area contributed by atoms with E-state index < -0.39 is 25.7 Å². The molecule has 0 bridgehead atoms. The summed E-state index contributed by atoms with van der Waals surface area (Å²) in [6.45, 7) is 8.89. The van der Waals surface area contributed by atoms with Crippen molar-refractivity contribution in [1.82, 2.24) is 0 Å². The predicted octanol–water partition coefficient (Wildman–Crippen LogP) is 8.27. The lowest BCUT2D eigenvalue weighted by atomic mass is 9.80. The van der Waals surface area contributed by atoms with Crippen LogP contribution in [0.3, 0.4) is 0 Å². The molecule has 6 rings (SSSR count). The summed E-state index contributed by atoms with van der Waals surface area (Å²) in [5.74, 6) is -0.383. The monoisotopic (exact) mass is 727 g/mol. The number of thiophene rings is 1. The van der Waals surface area contributed by atoms with Crippen molar-refractivity contribution in [2.75, 3.05) is 24.2 Å². The normalized spacial score (nSPS) is 21.0.